The van der Waals surface area contributed by atoms with E-state index in [0.29, 0.717) is 12.2 Å². The SMILES string of the molecule is CC1([Si](C)(C)C)OC1CC1CO1. The minimum atomic E-state index is -1.13. The molecule has 3 unspecified atom stereocenters. The molecule has 3 heteroatoms. The zero-order valence-electron chi connectivity index (χ0n) is 8.39. The topological polar surface area (TPSA) is 25.1 Å². The molecule has 0 aromatic heterocycles. The van der Waals surface area contributed by atoms with Crippen molar-refractivity contribution in [1.82, 2.24) is 0 Å². The largest absolute Gasteiger partial charge is 0.373 e. The number of ether oxygens (including phenoxy) is 2. The van der Waals surface area contributed by atoms with Crippen molar-refractivity contribution in [2.45, 2.75) is 50.4 Å². The van der Waals surface area contributed by atoms with Crippen LogP contribution in [0.5, 0.6) is 0 Å². The Bertz CT molecular complexity index is 195. The van der Waals surface area contributed by atoms with Crippen LogP contribution in [-0.4, -0.2) is 32.1 Å². The van der Waals surface area contributed by atoms with E-state index < -0.39 is 8.07 Å². The summed E-state index contributed by atoms with van der Waals surface area (Å²) < 4.78 is 11.0. The normalized spacial score (nSPS) is 46.0. The molecule has 0 saturated carbocycles. The quantitative estimate of drug-likeness (QED) is 0.496. The zero-order valence-corrected chi connectivity index (χ0v) is 9.39. The van der Waals surface area contributed by atoms with Crippen molar-refractivity contribution in [3.8, 4) is 0 Å². The monoisotopic (exact) mass is 186 g/mol. The van der Waals surface area contributed by atoms with Gasteiger partial charge >= 0.3 is 0 Å². The van der Waals surface area contributed by atoms with E-state index >= 15 is 0 Å². The second kappa shape index (κ2) is 2.34. The highest BCUT2D eigenvalue weighted by molar-refractivity contribution is 6.79. The Morgan fingerprint density at radius 1 is 1.42 bits per heavy atom. The van der Waals surface area contributed by atoms with Crippen molar-refractivity contribution in [2.75, 3.05) is 6.61 Å². The van der Waals surface area contributed by atoms with E-state index in [2.05, 4.69) is 26.6 Å². The molecule has 0 N–H and O–H groups in total. The van der Waals surface area contributed by atoms with E-state index in [9.17, 15) is 0 Å². The van der Waals surface area contributed by atoms with Crippen molar-refractivity contribution < 1.29 is 9.47 Å². The van der Waals surface area contributed by atoms with Gasteiger partial charge in [0, 0.05) is 6.42 Å². The first-order valence-corrected chi connectivity index (χ1v) is 8.23. The van der Waals surface area contributed by atoms with Crippen molar-refractivity contribution >= 4 is 8.07 Å². The molecule has 0 spiro atoms. The zero-order chi connectivity index (χ0) is 8.98. The van der Waals surface area contributed by atoms with Gasteiger partial charge in [0.2, 0.25) is 0 Å². The lowest BCUT2D eigenvalue weighted by atomic mass is 10.2. The van der Waals surface area contributed by atoms with Crippen LogP contribution in [0.2, 0.25) is 19.6 Å². The molecule has 3 atom stereocenters. The predicted molar refractivity (Wildman–Crippen MR) is 51.0 cm³/mol. The maximum absolute atomic E-state index is 5.80. The molecule has 0 radical (unpaired) electrons. The summed E-state index contributed by atoms with van der Waals surface area (Å²) >= 11 is 0. The maximum atomic E-state index is 5.80. The smallest absolute Gasteiger partial charge is 0.0861 e. The third-order valence-corrected chi connectivity index (χ3v) is 6.73. The van der Waals surface area contributed by atoms with Gasteiger partial charge in [0.15, 0.2) is 0 Å². The van der Waals surface area contributed by atoms with Crippen LogP contribution in [0.15, 0.2) is 0 Å². The number of epoxide rings is 2. The Labute approximate surface area is 75.3 Å². The first-order chi connectivity index (χ1) is 5.43. The second-order valence-corrected chi connectivity index (χ2v) is 10.6. The van der Waals surface area contributed by atoms with E-state index in [1.54, 1.807) is 0 Å². The molecule has 2 rings (SSSR count). The van der Waals surface area contributed by atoms with Gasteiger partial charge in [-0.15, -0.1) is 0 Å². The van der Waals surface area contributed by atoms with Gasteiger partial charge in [-0.1, -0.05) is 19.6 Å². The third kappa shape index (κ3) is 1.34. The minimum absolute atomic E-state index is 0.235. The molecule has 2 aliphatic rings. The van der Waals surface area contributed by atoms with Crippen LogP contribution in [-0.2, 0) is 9.47 Å². The average Bonchev–Trinajstić information content (AvgIpc) is 2.73. The Morgan fingerprint density at radius 3 is 2.33 bits per heavy atom. The molecule has 70 valence electrons. The fourth-order valence-electron chi connectivity index (χ4n) is 1.64. The van der Waals surface area contributed by atoms with Gasteiger partial charge in [-0.25, -0.2) is 0 Å². The van der Waals surface area contributed by atoms with Crippen molar-refractivity contribution in [3.05, 3.63) is 0 Å². The van der Waals surface area contributed by atoms with E-state index in [0.717, 1.165) is 13.0 Å². The maximum Gasteiger partial charge on any atom is 0.0861 e. The summed E-state index contributed by atoms with van der Waals surface area (Å²) in [4.78, 5) is 0. The Morgan fingerprint density at radius 2 is 2.00 bits per heavy atom. The highest BCUT2D eigenvalue weighted by Crippen LogP contribution is 2.47. The molecule has 0 bridgehead atoms. The molecule has 12 heavy (non-hydrogen) atoms. The lowest BCUT2D eigenvalue weighted by Gasteiger charge is -2.21. The molecule has 0 aliphatic carbocycles. The second-order valence-electron chi connectivity index (χ2n) is 5.15. The first kappa shape index (κ1) is 8.72. The molecule has 2 nitrogen and oxygen atoms in total. The van der Waals surface area contributed by atoms with Gasteiger partial charge in [-0.05, 0) is 6.92 Å². The van der Waals surface area contributed by atoms with Gasteiger partial charge in [0.25, 0.3) is 0 Å². The molecule has 0 amide bonds. The standard InChI is InChI=1S/C9H18O2Si/c1-9(12(2,3)4)8(11-9)5-7-6-10-7/h7-8H,5-6H2,1-4H3. The summed E-state index contributed by atoms with van der Waals surface area (Å²) in [5.74, 6) is 0. The Kier molecular flexibility index (Phi) is 1.70. The van der Waals surface area contributed by atoms with Crippen LogP contribution in [0.25, 0.3) is 0 Å². The molecule has 2 saturated heterocycles. The number of rotatable bonds is 3. The van der Waals surface area contributed by atoms with E-state index in [4.69, 9.17) is 9.47 Å². The summed E-state index contributed by atoms with van der Waals surface area (Å²) in [6.45, 7) is 10.4. The summed E-state index contributed by atoms with van der Waals surface area (Å²) in [5.41, 5.74) is 0. The summed E-state index contributed by atoms with van der Waals surface area (Å²) in [6.07, 6.45) is 2.14. The van der Waals surface area contributed by atoms with E-state index in [1.165, 1.54) is 0 Å². The molecule has 0 aromatic carbocycles. The highest BCUT2D eigenvalue weighted by Gasteiger charge is 2.61. The highest BCUT2D eigenvalue weighted by atomic mass is 28.3. The van der Waals surface area contributed by atoms with Crippen molar-refractivity contribution in [3.63, 3.8) is 0 Å². The summed E-state index contributed by atoms with van der Waals surface area (Å²) in [6, 6.07) is 0. The average molecular weight is 186 g/mol. The van der Waals surface area contributed by atoms with Crippen LogP contribution < -0.4 is 0 Å². The fraction of sp³-hybridized carbons (Fsp3) is 1.00. The van der Waals surface area contributed by atoms with Gasteiger partial charge < -0.3 is 9.47 Å². The third-order valence-electron chi connectivity index (χ3n) is 3.31. The number of hydrogen-bond donors (Lipinski definition) is 0. The van der Waals surface area contributed by atoms with Crippen LogP contribution in [0.3, 0.4) is 0 Å². The minimum Gasteiger partial charge on any atom is -0.373 e. The summed E-state index contributed by atoms with van der Waals surface area (Å²) in [7, 11) is -1.13. The predicted octanol–water partition coefficient (Wildman–Crippen LogP) is 1.81. The molecule has 2 aliphatic heterocycles. The first-order valence-electron chi connectivity index (χ1n) is 4.73. The van der Waals surface area contributed by atoms with Gasteiger partial charge in [-0.3, -0.25) is 0 Å². The van der Waals surface area contributed by atoms with Crippen LogP contribution >= 0.6 is 0 Å². The van der Waals surface area contributed by atoms with Gasteiger partial charge in [0.05, 0.1) is 32.1 Å². The Hall–Kier alpha value is 0.137. The van der Waals surface area contributed by atoms with Crippen molar-refractivity contribution in [1.29, 1.82) is 0 Å². The lowest BCUT2D eigenvalue weighted by molar-refractivity contribution is 0.324. The molecular formula is C9H18O2Si. The number of hydrogen-bond acceptors (Lipinski definition) is 2. The lowest BCUT2D eigenvalue weighted by Crippen LogP contribution is -2.41. The molecular weight excluding hydrogens is 168 g/mol. The van der Waals surface area contributed by atoms with Crippen LogP contribution in [0.1, 0.15) is 13.3 Å². The van der Waals surface area contributed by atoms with Gasteiger partial charge in [-0.2, -0.15) is 0 Å². The summed E-state index contributed by atoms with van der Waals surface area (Å²) in [5, 5.41) is 0.235. The van der Waals surface area contributed by atoms with Crippen LogP contribution in [0.4, 0.5) is 0 Å². The molecule has 2 fully saturated rings. The van der Waals surface area contributed by atoms with E-state index in [1.807, 2.05) is 0 Å². The van der Waals surface area contributed by atoms with Crippen LogP contribution in [0, 0.1) is 0 Å². The fourth-order valence-corrected chi connectivity index (χ4v) is 3.22. The Balaban J connectivity index is 1.90. The molecule has 2 heterocycles. The van der Waals surface area contributed by atoms with Crippen molar-refractivity contribution in [2.24, 2.45) is 0 Å². The molecule has 0 aromatic rings. The van der Waals surface area contributed by atoms with Gasteiger partial charge in [0.1, 0.15) is 0 Å². The van der Waals surface area contributed by atoms with E-state index in [-0.39, 0.29) is 5.22 Å².